The van der Waals surface area contributed by atoms with Crippen LogP contribution in [0.25, 0.3) is 0 Å². The topological polar surface area (TPSA) is 30.7 Å². The van der Waals surface area contributed by atoms with Crippen molar-refractivity contribution in [1.29, 1.82) is 0 Å². The van der Waals surface area contributed by atoms with Gasteiger partial charge in [0.1, 0.15) is 3.70 Å². The molecular formula is C9H16IN3. The highest BCUT2D eigenvalue weighted by molar-refractivity contribution is 14.1. The minimum absolute atomic E-state index is 0.513. The van der Waals surface area contributed by atoms with E-state index < -0.39 is 0 Å². The third-order valence-electron chi connectivity index (χ3n) is 2.00. The van der Waals surface area contributed by atoms with Crippen LogP contribution in [0.1, 0.15) is 45.2 Å². The maximum absolute atomic E-state index is 4.13. The van der Waals surface area contributed by atoms with Crippen LogP contribution in [0.5, 0.6) is 0 Å². The lowest BCUT2D eigenvalue weighted by Gasteiger charge is -2.08. The standard InChI is InChI=1S/C9H16IN3/c1-4-5-6-13-8(7(2)3)9(10)11-12-13/h7H,4-6H2,1-3H3. The monoisotopic (exact) mass is 293 g/mol. The van der Waals surface area contributed by atoms with E-state index in [0.717, 1.165) is 10.2 Å². The zero-order chi connectivity index (χ0) is 9.84. The minimum Gasteiger partial charge on any atom is -0.248 e. The molecule has 0 N–H and O–H groups in total. The van der Waals surface area contributed by atoms with Crippen molar-refractivity contribution in [2.75, 3.05) is 0 Å². The van der Waals surface area contributed by atoms with E-state index in [1.807, 2.05) is 4.68 Å². The van der Waals surface area contributed by atoms with Gasteiger partial charge < -0.3 is 0 Å². The molecule has 74 valence electrons. The van der Waals surface area contributed by atoms with E-state index in [-0.39, 0.29) is 0 Å². The van der Waals surface area contributed by atoms with Crippen LogP contribution in [0.15, 0.2) is 0 Å². The molecule has 0 aromatic carbocycles. The normalized spacial score (nSPS) is 11.2. The summed E-state index contributed by atoms with van der Waals surface area (Å²) >= 11 is 2.25. The Balaban J connectivity index is 2.81. The highest BCUT2D eigenvalue weighted by atomic mass is 127. The van der Waals surface area contributed by atoms with Crippen LogP contribution in [0, 0.1) is 3.70 Å². The molecule has 0 amide bonds. The molecule has 0 bridgehead atoms. The van der Waals surface area contributed by atoms with Crippen molar-refractivity contribution in [2.45, 2.75) is 46.1 Å². The van der Waals surface area contributed by atoms with Crippen LogP contribution >= 0.6 is 22.6 Å². The minimum atomic E-state index is 0.513. The molecule has 1 aromatic rings. The van der Waals surface area contributed by atoms with Gasteiger partial charge in [-0.05, 0) is 34.9 Å². The average Bonchev–Trinajstić information content (AvgIpc) is 2.43. The first-order valence-corrected chi connectivity index (χ1v) is 5.83. The van der Waals surface area contributed by atoms with Crippen LogP contribution in [-0.2, 0) is 6.54 Å². The summed E-state index contributed by atoms with van der Waals surface area (Å²) in [5, 5.41) is 8.22. The van der Waals surface area contributed by atoms with E-state index in [9.17, 15) is 0 Å². The number of hydrogen-bond donors (Lipinski definition) is 0. The highest BCUT2D eigenvalue weighted by Gasteiger charge is 2.12. The maximum atomic E-state index is 4.13. The maximum Gasteiger partial charge on any atom is 0.146 e. The van der Waals surface area contributed by atoms with Crippen molar-refractivity contribution in [3.05, 3.63) is 9.39 Å². The second kappa shape index (κ2) is 4.93. The van der Waals surface area contributed by atoms with E-state index in [1.165, 1.54) is 18.5 Å². The predicted molar refractivity (Wildman–Crippen MR) is 61.7 cm³/mol. The molecule has 1 heterocycles. The lowest BCUT2D eigenvalue weighted by Crippen LogP contribution is -2.07. The van der Waals surface area contributed by atoms with Gasteiger partial charge in [0.2, 0.25) is 0 Å². The summed E-state index contributed by atoms with van der Waals surface area (Å²) in [7, 11) is 0. The van der Waals surface area contributed by atoms with Gasteiger partial charge in [0, 0.05) is 6.54 Å². The Hall–Kier alpha value is -0.130. The lowest BCUT2D eigenvalue weighted by molar-refractivity contribution is 0.522. The lowest BCUT2D eigenvalue weighted by atomic mass is 10.1. The Morgan fingerprint density at radius 2 is 2.15 bits per heavy atom. The Morgan fingerprint density at radius 1 is 1.46 bits per heavy atom. The van der Waals surface area contributed by atoms with E-state index in [0.29, 0.717) is 5.92 Å². The molecular weight excluding hydrogens is 277 g/mol. The van der Waals surface area contributed by atoms with Gasteiger partial charge in [0.15, 0.2) is 0 Å². The van der Waals surface area contributed by atoms with Gasteiger partial charge in [0.25, 0.3) is 0 Å². The first kappa shape index (κ1) is 10.9. The van der Waals surface area contributed by atoms with Crippen molar-refractivity contribution in [3.8, 4) is 0 Å². The van der Waals surface area contributed by atoms with Gasteiger partial charge >= 0.3 is 0 Å². The zero-order valence-corrected chi connectivity index (χ0v) is 10.6. The number of rotatable bonds is 4. The first-order valence-electron chi connectivity index (χ1n) is 4.75. The number of halogens is 1. The van der Waals surface area contributed by atoms with E-state index in [4.69, 9.17) is 0 Å². The van der Waals surface area contributed by atoms with Gasteiger partial charge in [-0.2, -0.15) is 0 Å². The molecule has 3 nitrogen and oxygen atoms in total. The zero-order valence-electron chi connectivity index (χ0n) is 8.42. The summed E-state index contributed by atoms with van der Waals surface area (Å²) in [6, 6.07) is 0. The van der Waals surface area contributed by atoms with E-state index in [1.54, 1.807) is 0 Å². The average molecular weight is 293 g/mol. The molecule has 0 spiro atoms. The Kier molecular flexibility index (Phi) is 4.15. The molecule has 1 rings (SSSR count). The molecule has 13 heavy (non-hydrogen) atoms. The van der Waals surface area contributed by atoms with Crippen LogP contribution < -0.4 is 0 Å². The Labute approximate surface area is 93.0 Å². The second-order valence-electron chi connectivity index (χ2n) is 3.50. The van der Waals surface area contributed by atoms with Gasteiger partial charge in [-0.3, -0.25) is 0 Å². The predicted octanol–water partition coefficient (Wildman–Crippen LogP) is 2.81. The molecule has 1 aromatic heterocycles. The fourth-order valence-electron chi connectivity index (χ4n) is 1.31. The largest absolute Gasteiger partial charge is 0.248 e. The second-order valence-corrected chi connectivity index (χ2v) is 4.52. The Bertz CT molecular complexity index is 268. The number of unbranched alkanes of at least 4 members (excludes halogenated alkanes) is 1. The summed E-state index contributed by atoms with van der Waals surface area (Å²) < 4.78 is 3.08. The van der Waals surface area contributed by atoms with Crippen molar-refractivity contribution >= 4 is 22.6 Å². The summed E-state index contributed by atoms with van der Waals surface area (Å²) in [5.74, 6) is 0.513. The van der Waals surface area contributed by atoms with E-state index in [2.05, 4.69) is 53.7 Å². The SMILES string of the molecule is CCCCn1nnc(I)c1C(C)C. The summed E-state index contributed by atoms with van der Waals surface area (Å²) in [4.78, 5) is 0. The molecule has 0 radical (unpaired) electrons. The molecule has 0 unspecified atom stereocenters. The molecule has 0 saturated heterocycles. The number of aryl methyl sites for hydroxylation is 1. The van der Waals surface area contributed by atoms with Gasteiger partial charge in [-0.1, -0.05) is 32.4 Å². The smallest absolute Gasteiger partial charge is 0.146 e. The summed E-state index contributed by atoms with van der Waals surface area (Å²) in [6.45, 7) is 7.56. The van der Waals surface area contributed by atoms with Crippen molar-refractivity contribution < 1.29 is 0 Å². The molecule has 0 aliphatic rings. The van der Waals surface area contributed by atoms with Gasteiger partial charge in [-0.25, -0.2) is 4.68 Å². The number of nitrogens with zero attached hydrogens (tertiary/aromatic N) is 3. The fourth-order valence-corrected chi connectivity index (χ4v) is 2.31. The molecule has 0 aliphatic carbocycles. The Morgan fingerprint density at radius 3 is 2.69 bits per heavy atom. The third-order valence-corrected chi connectivity index (χ3v) is 2.77. The first-order chi connectivity index (χ1) is 6.16. The van der Waals surface area contributed by atoms with Crippen LogP contribution in [0.2, 0.25) is 0 Å². The third kappa shape index (κ3) is 2.65. The summed E-state index contributed by atoms with van der Waals surface area (Å²) in [6.07, 6.45) is 2.38. The van der Waals surface area contributed by atoms with Crippen LogP contribution in [0.4, 0.5) is 0 Å². The molecule has 0 saturated carbocycles. The number of aromatic nitrogens is 3. The molecule has 0 fully saturated rings. The van der Waals surface area contributed by atoms with Crippen molar-refractivity contribution in [1.82, 2.24) is 15.0 Å². The molecule has 4 heteroatoms. The fraction of sp³-hybridized carbons (Fsp3) is 0.778. The van der Waals surface area contributed by atoms with Crippen molar-refractivity contribution in [2.24, 2.45) is 0 Å². The van der Waals surface area contributed by atoms with Crippen LogP contribution in [-0.4, -0.2) is 15.0 Å². The van der Waals surface area contributed by atoms with Crippen LogP contribution in [0.3, 0.4) is 0 Å². The molecule has 0 aliphatic heterocycles. The van der Waals surface area contributed by atoms with Gasteiger partial charge in [-0.15, -0.1) is 5.10 Å². The quantitative estimate of drug-likeness (QED) is 0.799. The van der Waals surface area contributed by atoms with Crippen molar-refractivity contribution in [3.63, 3.8) is 0 Å². The highest BCUT2D eigenvalue weighted by Crippen LogP contribution is 2.19. The summed E-state index contributed by atoms with van der Waals surface area (Å²) in [5.41, 5.74) is 1.27. The number of hydrogen-bond acceptors (Lipinski definition) is 2. The van der Waals surface area contributed by atoms with Gasteiger partial charge in [0.05, 0.1) is 5.69 Å². The molecule has 0 atom stereocenters. The van der Waals surface area contributed by atoms with E-state index >= 15 is 0 Å².